The van der Waals surface area contributed by atoms with Gasteiger partial charge in [-0.05, 0) is 6.92 Å². The minimum absolute atomic E-state index is 0.115. The molecule has 0 saturated heterocycles. The van der Waals surface area contributed by atoms with Crippen molar-refractivity contribution in [3.63, 3.8) is 0 Å². The SMILES string of the molecule is COC(=C(C#N)C#N)c1c(-c2ccccc2)noc1C. The average molecular weight is 265 g/mol. The Morgan fingerprint density at radius 1 is 1.20 bits per heavy atom. The molecule has 0 aliphatic rings. The van der Waals surface area contributed by atoms with Gasteiger partial charge in [-0.15, -0.1) is 0 Å². The summed E-state index contributed by atoms with van der Waals surface area (Å²) in [7, 11) is 1.41. The summed E-state index contributed by atoms with van der Waals surface area (Å²) in [5.41, 5.74) is 1.78. The summed E-state index contributed by atoms with van der Waals surface area (Å²) in [5.74, 6) is 0.663. The molecule has 1 aromatic heterocycles. The van der Waals surface area contributed by atoms with Gasteiger partial charge >= 0.3 is 0 Å². The standard InChI is InChI=1S/C15H11N3O2/c1-10-13(15(19-2)12(8-16)9-17)14(18-20-10)11-6-4-3-5-7-11/h3-7H,1-2H3. The maximum absolute atomic E-state index is 9.02. The third kappa shape index (κ3) is 2.25. The molecule has 98 valence electrons. The summed E-state index contributed by atoms with van der Waals surface area (Å²) < 4.78 is 10.4. The highest BCUT2D eigenvalue weighted by atomic mass is 16.5. The molecule has 0 amide bonds. The third-order valence-electron chi connectivity index (χ3n) is 2.79. The second kappa shape index (κ2) is 5.73. The molecule has 0 fully saturated rings. The highest BCUT2D eigenvalue weighted by Crippen LogP contribution is 2.32. The molecule has 0 aliphatic carbocycles. The van der Waals surface area contributed by atoms with Crippen LogP contribution in [0, 0.1) is 29.6 Å². The van der Waals surface area contributed by atoms with Gasteiger partial charge in [0.1, 0.15) is 23.6 Å². The Morgan fingerprint density at radius 3 is 2.40 bits per heavy atom. The van der Waals surface area contributed by atoms with Gasteiger partial charge in [0.2, 0.25) is 0 Å². The van der Waals surface area contributed by atoms with Crippen molar-refractivity contribution in [2.75, 3.05) is 7.11 Å². The molecule has 0 atom stereocenters. The molecule has 5 nitrogen and oxygen atoms in total. The van der Waals surface area contributed by atoms with Crippen LogP contribution in [0.25, 0.3) is 17.0 Å². The zero-order chi connectivity index (χ0) is 14.5. The quantitative estimate of drug-likeness (QED) is 0.629. The number of hydrogen-bond acceptors (Lipinski definition) is 5. The Hall–Kier alpha value is -3.05. The average Bonchev–Trinajstić information content (AvgIpc) is 2.87. The highest BCUT2D eigenvalue weighted by molar-refractivity contribution is 5.81. The molecule has 5 heteroatoms. The van der Waals surface area contributed by atoms with Crippen LogP contribution in [0.2, 0.25) is 0 Å². The van der Waals surface area contributed by atoms with E-state index >= 15 is 0 Å². The van der Waals surface area contributed by atoms with Crippen LogP contribution >= 0.6 is 0 Å². The fraction of sp³-hybridized carbons (Fsp3) is 0.133. The fourth-order valence-electron chi connectivity index (χ4n) is 1.89. The van der Waals surface area contributed by atoms with Gasteiger partial charge in [-0.1, -0.05) is 35.5 Å². The van der Waals surface area contributed by atoms with Crippen LogP contribution in [0.4, 0.5) is 0 Å². The summed E-state index contributed by atoms with van der Waals surface area (Å²) in [6, 6.07) is 13.0. The van der Waals surface area contributed by atoms with Gasteiger partial charge in [0, 0.05) is 5.56 Å². The number of aromatic nitrogens is 1. The third-order valence-corrected chi connectivity index (χ3v) is 2.79. The number of methoxy groups -OCH3 is 1. The van der Waals surface area contributed by atoms with Crippen LogP contribution in [-0.2, 0) is 4.74 Å². The number of rotatable bonds is 3. The fourth-order valence-corrected chi connectivity index (χ4v) is 1.89. The molecule has 0 bridgehead atoms. The zero-order valence-corrected chi connectivity index (χ0v) is 11.0. The van der Waals surface area contributed by atoms with Crippen LogP contribution in [0.15, 0.2) is 40.4 Å². The number of hydrogen-bond donors (Lipinski definition) is 0. The number of nitriles is 2. The Balaban J connectivity index is 2.71. The molecular weight excluding hydrogens is 254 g/mol. The van der Waals surface area contributed by atoms with Gasteiger partial charge in [0.15, 0.2) is 11.3 Å². The first-order chi connectivity index (χ1) is 9.72. The summed E-state index contributed by atoms with van der Waals surface area (Å²) in [4.78, 5) is 0. The molecule has 0 radical (unpaired) electrons. The Morgan fingerprint density at radius 2 is 1.85 bits per heavy atom. The topological polar surface area (TPSA) is 82.8 Å². The Bertz CT molecular complexity index is 715. The van der Waals surface area contributed by atoms with Crippen LogP contribution in [0.5, 0.6) is 0 Å². The van der Waals surface area contributed by atoms with Gasteiger partial charge < -0.3 is 9.26 Å². The molecule has 1 heterocycles. The van der Waals surface area contributed by atoms with E-state index in [2.05, 4.69) is 5.16 Å². The van der Waals surface area contributed by atoms with Gasteiger partial charge in [-0.3, -0.25) is 0 Å². The van der Waals surface area contributed by atoms with E-state index in [0.717, 1.165) is 5.56 Å². The zero-order valence-electron chi connectivity index (χ0n) is 11.0. The molecule has 0 spiro atoms. The van der Waals surface area contributed by atoms with E-state index in [0.29, 0.717) is 17.0 Å². The highest BCUT2D eigenvalue weighted by Gasteiger charge is 2.22. The van der Waals surface area contributed by atoms with Crippen LogP contribution in [-0.4, -0.2) is 12.3 Å². The maximum atomic E-state index is 9.02. The van der Waals surface area contributed by atoms with E-state index in [4.69, 9.17) is 19.8 Å². The van der Waals surface area contributed by atoms with Crippen molar-refractivity contribution < 1.29 is 9.26 Å². The molecule has 0 unspecified atom stereocenters. The van der Waals surface area contributed by atoms with E-state index in [1.54, 1.807) is 6.92 Å². The number of allylic oxidation sites excluding steroid dienone is 1. The minimum atomic E-state index is -0.115. The first-order valence-corrected chi connectivity index (χ1v) is 5.83. The molecule has 0 saturated carbocycles. The van der Waals surface area contributed by atoms with Gasteiger partial charge in [-0.25, -0.2) is 0 Å². The number of aryl methyl sites for hydroxylation is 1. The summed E-state index contributed by atoms with van der Waals surface area (Å²) in [6.45, 7) is 1.71. The van der Waals surface area contributed by atoms with Crippen LogP contribution in [0.3, 0.4) is 0 Å². The molecule has 0 aliphatic heterocycles. The largest absolute Gasteiger partial charge is 0.494 e. The summed E-state index contributed by atoms with van der Waals surface area (Å²) in [5, 5.41) is 22.0. The lowest BCUT2D eigenvalue weighted by Crippen LogP contribution is -1.95. The molecule has 2 aromatic rings. The maximum Gasteiger partial charge on any atom is 0.172 e. The predicted octanol–water partition coefficient (Wildman–Crippen LogP) is 3.05. The summed E-state index contributed by atoms with van der Waals surface area (Å²) >= 11 is 0. The molecule has 20 heavy (non-hydrogen) atoms. The van der Waals surface area contributed by atoms with Gasteiger partial charge in [0.05, 0.1) is 12.7 Å². The monoisotopic (exact) mass is 265 g/mol. The van der Waals surface area contributed by atoms with Crippen LogP contribution < -0.4 is 0 Å². The van der Waals surface area contributed by atoms with E-state index < -0.39 is 0 Å². The number of benzene rings is 1. The first-order valence-electron chi connectivity index (χ1n) is 5.83. The summed E-state index contributed by atoms with van der Waals surface area (Å²) in [6.07, 6.45) is 0. The predicted molar refractivity (Wildman–Crippen MR) is 71.8 cm³/mol. The minimum Gasteiger partial charge on any atom is -0.494 e. The van der Waals surface area contributed by atoms with E-state index in [9.17, 15) is 0 Å². The van der Waals surface area contributed by atoms with Crippen molar-refractivity contribution >= 4 is 5.76 Å². The van der Waals surface area contributed by atoms with Crippen molar-refractivity contribution in [3.8, 4) is 23.4 Å². The van der Waals surface area contributed by atoms with Crippen LogP contribution in [0.1, 0.15) is 11.3 Å². The lowest BCUT2D eigenvalue weighted by Gasteiger charge is -2.06. The van der Waals surface area contributed by atoms with Gasteiger partial charge in [0.25, 0.3) is 0 Å². The van der Waals surface area contributed by atoms with E-state index in [1.165, 1.54) is 7.11 Å². The number of ether oxygens (including phenoxy) is 1. The Labute approximate surface area is 116 Å². The lowest BCUT2D eigenvalue weighted by atomic mass is 10.0. The molecule has 1 aromatic carbocycles. The van der Waals surface area contributed by atoms with Crippen molar-refractivity contribution in [3.05, 3.63) is 47.2 Å². The first kappa shape index (κ1) is 13.4. The van der Waals surface area contributed by atoms with E-state index in [1.807, 2.05) is 42.5 Å². The second-order valence-corrected chi connectivity index (χ2v) is 3.96. The lowest BCUT2D eigenvalue weighted by molar-refractivity contribution is 0.365. The van der Waals surface area contributed by atoms with E-state index in [-0.39, 0.29) is 11.3 Å². The van der Waals surface area contributed by atoms with Crippen molar-refractivity contribution in [1.29, 1.82) is 10.5 Å². The van der Waals surface area contributed by atoms with Crippen molar-refractivity contribution in [1.82, 2.24) is 5.16 Å². The smallest absolute Gasteiger partial charge is 0.172 e. The molecular formula is C15H11N3O2. The van der Waals surface area contributed by atoms with Crippen molar-refractivity contribution in [2.24, 2.45) is 0 Å². The Kier molecular flexibility index (Phi) is 3.83. The molecule has 2 rings (SSSR count). The van der Waals surface area contributed by atoms with Gasteiger partial charge in [-0.2, -0.15) is 10.5 Å². The molecule has 0 N–H and O–H groups in total. The normalized spacial score (nSPS) is 9.40. The number of nitrogens with zero attached hydrogens (tertiary/aromatic N) is 3. The second-order valence-electron chi connectivity index (χ2n) is 3.96. The van der Waals surface area contributed by atoms with Crippen molar-refractivity contribution in [2.45, 2.75) is 6.92 Å².